The number of sulfonamides is 1. The maximum absolute atomic E-state index is 13.6. The topological polar surface area (TPSA) is 98.5 Å². The zero-order chi connectivity index (χ0) is 17.0. The first-order valence-electron chi connectivity index (χ1n) is 6.55. The van der Waals surface area contributed by atoms with Crippen LogP contribution in [0.5, 0.6) is 5.75 Å². The van der Waals surface area contributed by atoms with Gasteiger partial charge in [0.2, 0.25) is 15.9 Å². The van der Waals surface area contributed by atoms with Gasteiger partial charge in [-0.1, -0.05) is 18.2 Å². The van der Waals surface area contributed by atoms with Crippen molar-refractivity contribution in [2.45, 2.75) is 11.3 Å². The summed E-state index contributed by atoms with van der Waals surface area (Å²) >= 11 is 0. The van der Waals surface area contributed by atoms with Crippen molar-refractivity contribution in [2.75, 3.05) is 12.4 Å². The van der Waals surface area contributed by atoms with Crippen molar-refractivity contribution >= 4 is 21.6 Å². The first-order chi connectivity index (χ1) is 10.8. The minimum absolute atomic E-state index is 0.139. The highest BCUT2D eigenvalue weighted by molar-refractivity contribution is 7.89. The van der Waals surface area contributed by atoms with E-state index < -0.39 is 21.7 Å². The molecule has 0 saturated heterocycles. The molecule has 0 heterocycles. The quantitative estimate of drug-likeness (QED) is 0.866. The second-order valence-electron chi connectivity index (χ2n) is 4.72. The first kappa shape index (κ1) is 16.9. The summed E-state index contributed by atoms with van der Waals surface area (Å²) in [6.45, 7) is 0. The number of carbonyl (C=O) groups is 1. The van der Waals surface area contributed by atoms with Crippen LogP contribution in [0.25, 0.3) is 0 Å². The molecule has 3 N–H and O–H groups in total. The summed E-state index contributed by atoms with van der Waals surface area (Å²) in [6, 6.07) is 9.72. The lowest BCUT2D eigenvalue weighted by Gasteiger charge is -2.11. The third kappa shape index (κ3) is 4.27. The number of amides is 1. The normalized spacial score (nSPS) is 11.1. The highest BCUT2D eigenvalue weighted by Gasteiger charge is 2.15. The van der Waals surface area contributed by atoms with Crippen molar-refractivity contribution in [3.8, 4) is 5.75 Å². The molecule has 2 aromatic rings. The number of primary sulfonamides is 1. The Morgan fingerprint density at radius 1 is 1.26 bits per heavy atom. The van der Waals surface area contributed by atoms with Crippen molar-refractivity contribution in [1.29, 1.82) is 0 Å². The smallest absolute Gasteiger partial charge is 0.238 e. The number of nitrogens with two attached hydrogens (primary N) is 1. The van der Waals surface area contributed by atoms with Crippen molar-refractivity contribution < 1.29 is 22.3 Å². The zero-order valence-corrected chi connectivity index (χ0v) is 13.1. The van der Waals surface area contributed by atoms with E-state index in [9.17, 15) is 17.6 Å². The SMILES string of the molecule is COc1ccc(S(N)(=O)=O)cc1NC(=O)Cc1ccccc1F. The highest BCUT2D eigenvalue weighted by Crippen LogP contribution is 2.27. The van der Waals surface area contributed by atoms with Crippen molar-refractivity contribution in [2.24, 2.45) is 5.14 Å². The van der Waals surface area contributed by atoms with Gasteiger partial charge in [0, 0.05) is 0 Å². The minimum atomic E-state index is -3.92. The number of anilines is 1. The van der Waals surface area contributed by atoms with E-state index >= 15 is 0 Å². The second-order valence-corrected chi connectivity index (χ2v) is 6.28. The highest BCUT2D eigenvalue weighted by atomic mass is 32.2. The largest absolute Gasteiger partial charge is 0.495 e. The summed E-state index contributed by atoms with van der Waals surface area (Å²) in [5.74, 6) is -0.743. The van der Waals surface area contributed by atoms with Gasteiger partial charge in [0.05, 0.1) is 24.1 Å². The van der Waals surface area contributed by atoms with Gasteiger partial charge in [0.1, 0.15) is 11.6 Å². The molecule has 2 rings (SSSR count). The van der Waals surface area contributed by atoms with Gasteiger partial charge in [-0.2, -0.15) is 0 Å². The number of hydrogen-bond acceptors (Lipinski definition) is 4. The molecule has 2 aromatic carbocycles. The van der Waals surface area contributed by atoms with Gasteiger partial charge >= 0.3 is 0 Å². The molecule has 0 saturated carbocycles. The predicted octanol–water partition coefficient (Wildman–Crippen LogP) is 1.66. The van der Waals surface area contributed by atoms with E-state index in [0.29, 0.717) is 0 Å². The molecule has 0 fully saturated rings. The molecule has 0 spiro atoms. The molecule has 0 aromatic heterocycles. The van der Waals surface area contributed by atoms with Gasteiger partial charge in [0.25, 0.3) is 0 Å². The van der Waals surface area contributed by atoms with E-state index in [1.54, 1.807) is 6.07 Å². The van der Waals surface area contributed by atoms with E-state index in [0.717, 1.165) is 0 Å². The Morgan fingerprint density at radius 2 is 1.96 bits per heavy atom. The van der Waals surface area contributed by atoms with Crippen LogP contribution in [0.15, 0.2) is 47.4 Å². The molecule has 0 aliphatic heterocycles. The Kier molecular flexibility index (Phi) is 4.97. The predicted molar refractivity (Wildman–Crippen MR) is 83.1 cm³/mol. The van der Waals surface area contributed by atoms with Gasteiger partial charge in [-0.05, 0) is 29.8 Å². The van der Waals surface area contributed by atoms with Gasteiger partial charge in [-0.15, -0.1) is 0 Å². The molecule has 0 atom stereocenters. The van der Waals surface area contributed by atoms with Gasteiger partial charge < -0.3 is 10.1 Å². The average Bonchev–Trinajstić information content (AvgIpc) is 2.48. The summed E-state index contributed by atoms with van der Waals surface area (Å²) < 4.78 is 41.4. The van der Waals surface area contributed by atoms with Crippen molar-refractivity contribution in [3.63, 3.8) is 0 Å². The van der Waals surface area contributed by atoms with E-state index in [2.05, 4.69) is 5.32 Å². The molecule has 23 heavy (non-hydrogen) atoms. The van der Waals surface area contributed by atoms with E-state index in [-0.39, 0.29) is 28.3 Å². The molecule has 0 radical (unpaired) electrons. The van der Waals surface area contributed by atoms with Crippen LogP contribution in [0, 0.1) is 5.82 Å². The molecule has 8 heteroatoms. The van der Waals surface area contributed by atoms with Crippen LogP contribution in [0.1, 0.15) is 5.56 Å². The number of rotatable bonds is 5. The molecule has 1 amide bonds. The van der Waals surface area contributed by atoms with Gasteiger partial charge in [0.15, 0.2) is 0 Å². The maximum atomic E-state index is 13.6. The summed E-state index contributed by atoms with van der Waals surface area (Å²) in [6.07, 6.45) is -0.199. The molecule has 6 nitrogen and oxygen atoms in total. The fraction of sp³-hybridized carbons (Fsp3) is 0.133. The van der Waals surface area contributed by atoms with Crippen LogP contribution in [-0.4, -0.2) is 21.4 Å². The molecule has 0 bridgehead atoms. The van der Waals surface area contributed by atoms with Gasteiger partial charge in [-0.25, -0.2) is 17.9 Å². The molecule has 122 valence electrons. The number of halogens is 1. The average molecular weight is 338 g/mol. The Labute approximate surface area is 133 Å². The van der Waals surface area contributed by atoms with Crippen LogP contribution in [0.2, 0.25) is 0 Å². The van der Waals surface area contributed by atoms with Crippen LogP contribution in [0.3, 0.4) is 0 Å². The lowest BCUT2D eigenvalue weighted by atomic mass is 10.1. The summed E-state index contributed by atoms with van der Waals surface area (Å²) in [5.41, 5.74) is 0.368. The molecule has 0 aliphatic rings. The third-order valence-corrected chi connectivity index (χ3v) is 3.99. The Balaban J connectivity index is 2.24. The van der Waals surface area contributed by atoms with E-state index in [4.69, 9.17) is 9.88 Å². The van der Waals surface area contributed by atoms with Crippen LogP contribution >= 0.6 is 0 Å². The molecule has 0 unspecified atom stereocenters. The fourth-order valence-corrected chi connectivity index (χ4v) is 2.51. The Hall–Kier alpha value is -2.45. The number of hydrogen-bond donors (Lipinski definition) is 2. The van der Waals surface area contributed by atoms with Crippen LogP contribution in [0.4, 0.5) is 10.1 Å². The van der Waals surface area contributed by atoms with E-state index in [1.165, 1.54) is 43.5 Å². The molecular weight excluding hydrogens is 323 g/mol. The van der Waals surface area contributed by atoms with E-state index in [1.807, 2.05) is 0 Å². The van der Waals surface area contributed by atoms with Gasteiger partial charge in [-0.3, -0.25) is 4.79 Å². The Bertz CT molecular complexity index is 837. The zero-order valence-electron chi connectivity index (χ0n) is 12.2. The maximum Gasteiger partial charge on any atom is 0.238 e. The summed E-state index contributed by atoms with van der Waals surface area (Å²) in [5, 5.41) is 7.56. The second kappa shape index (κ2) is 6.76. The molecular formula is C15H15FN2O4S. The minimum Gasteiger partial charge on any atom is -0.495 e. The number of benzene rings is 2. The lowest BCUT2D eigenvalue weighted by Crippen LogP contribution is -2.17. The first-order valence-corrected chi connectivity index (χ1v) is 8.10. The standard InChI is InChI=1S/C15H15FN2O4S/c1-22-14-7-6-11(23(17,20)21)9-13(14)18-15(19)8-10-4-2-3-5-12(10)16/h2-7,9H,8H2,1H3,(H,18,19)(H2,17,20,21). The Morgan fingerprint density at radius 3 is 2.57 bits per heavy atom. The monoisotopic (exact) mass is 338 g/mol. The summed E-state index contributed by atoms with van der Waals surface area (Å²) in [4.78, 5) is 11.9. The number of carbonyl (C=O) groups excluding carboxylic acids is 1. The third-order valence-electron chi connectivity index (χ3n) is 3.08. The van der Waals surface area contributed by atoms with Crippen molar-refractivity contribution in [3.05, 3.63) is 53.8 Å². The number of ether oxygens (including phenoxy) is 1. The lowest BCUT2D eigenvalue weighted by molar-refractivity contribution is -0.115. The molecule has 0 aliphatic carbocycles. The van der Waals surface area contributed by atoms with Crippen molar-refractivity contribution in [1.82, 2.24) is 0 Å². The number of nitrogens with one attached hydrogen (secondary N) is 1. The fourth-order valence-electron chi connectivity index (χ4n) is 1.97. The van der Waals surface area contributed by atoms with Crippen LogP contribution in [-0.2, 0) is 21.2 Å². The number of methoxy groups -OCH3 is 1. The summed E-state index contributed by atoms with van der Waals surface area (Å²) in [7, 11) is -2.55. The van der Waals surface area contributed by atoms with Crippen LogP contribution < -0.4 is 15.2 Å².